The highest BCUT2D eigenvalue weighted by atomic mass is 15.3. The Bertz CT molecular complexity index is 790. The van der Waals surface area contributed by atoms with E-state index in [0.717, 1.165) is 50.1 Å². The molecule has 1 N–H and O–H groups in total. The number of hydrogen-bond donors (Lipinski definition) is 1. The van der Waals surface area contributed by atoms with Gasteiger partial charge in [0.2, 0.25) is 0 Å². The number of nitrogens with zero attached hydrogens (tertiary/aromatic N) is 5. The minimum absolute atomic E-state index is 0.539. The average Bonchev–Trinajstić information content (AvgIpc) is 3.03. The molecule has 1 aromatic heterocycles. The van der Waals surface area contributed by atoms with Crippen LogP contribution in [0.3, 0.4) is 0 Å². The standard InChI is InChI=1S/C21H30N6/c1-4-5-13-22-21(23-16-20-25-24-17(2)26(20)3)27-14-11-19(12-15-27)18-9-7-6-8-10-18/h6-11H,4-5,12-16H2,1-3H3,(H,22,23). The first kappa shape index (κ1) is 19.1. The maximum Gasteiger partial charge on any atom is 0.194 e. The van der Waals surface area contributed by atoms with E-state index in [-0.39, 0.29) is 0 Å². The number of guanidine groups is 1. The number of unbranched alkanes of at least 4 members (excludes halogenated alkanes) is 1. The van der Waals surface area contributed by atoms with Crippen molar-refractivity contribution in [2.75, 3.05) is 19.6 Å². The van der Waals surface area contributed by atoms with E-state index in [1.165, 1.54) is 17.6 Å². The molecule has 0 saturated heterocycles. The summed E-state index contributed by atoms with van der Waals surface area (Å²) in [5.74, 6) is 2.77. The van der Waals surface area contributed by atoms with Crippen LogP contribution in [-0.2, 0) is 13.6 Å². The van der Waals surface area contributed by atoms with Crippen molar-refractivity contribution in [1.29, 1.82) is 0 Å². The minimum atomic E-state index is 0.539. The Kier molecular flexibility index (Phi) is 6.63. The van der Waals surface area contributed by atoms with Crippen molar-refractivity contribution in [3.63, 3.8) is 0 Å². The largest absolute Gasteiger partial charge is 0.356 e. The molecule has 0 amide bonds. The van der Waals surface area contributed by atoms with Gasteiger partial charge >= 0.3 is 0 Å². The summed E-state index contributed by atoms with van der Waals surface area (Å²) in [5.41, 5.74) is 2.74. The van der Waals surface area contributed by atoms with Crippen LogP contribution in [-0.4, -0.2) is 45.3 Å². The molecule has 0 saturated carbocycles. The maximum absolute atomic E-state index is 4.84. The summed E-state index contributed by atoms with van der Waals surface area (Å²) in [6, 6.07) is 10.6. The van der Waals surface area contributed by atoms with Gasteiger partial charge in [0, 0.05) is 26.7 Å². The smallest absolute Gasteiger partial charge is 0.194 e. The van der Waals surface area contributed by atoms with Crippen molar-refractivity contribution < 1.29 is 0 Å². The zero-order valence-corrected chi connectivity index (χ0v) is 16.6. The van der Waals surface area contributed by atoms with E-state index in [4.69, 9.17) is 4.99 Å². The molecule has 1 aliphatic rings. The molecule has 3 rings (SSSR count). The first-order valence-corrected chi connectivity index (χ1v) is 9.81. The number of rotatable bonds is 6. The number of aryl methyl sites for hydroxylation is 1. The van der Waals surface area contributed by atoms with Gasteiger partial charge in [0.1, 0.15) is 12.4 Å². The summed E-state index contributed by atoms with van der Waals surface area (Å²) in [4.78, 5) is 7.17. The van der Waals surface area contributed by atoms with Gasteiger partial charge in [-0.3, -0.25) is 0 Å². The van der Waals surface area contributed by atoms with E-state index in [2.05, 4.69) is 63.7 Å². The fourth-order valence-corrected chi connectivity index (χ4v) is 3.15. The maximum atomic E-state index is 4.84. The van der Waals surface area contributed by atoms with Crippen LogP contribution in [0.15, 0.2) is 41.4 Å². The molecule has 0 atom stereocenters. The summed E-state index contributed by atoms with van der Waals surface area (Å²) in [6.07, 6.45) is 5.66. The molecule has 1 aliphatic heterocycles. The first-order valence-electron chi connectivity index (χ1n) is 9.81. The molecule has 27 heavy (non-hydrogen) atoms. The Morgan fingerprint density at radius 1 is 1.22 bits per heavy atom. The lowest BCUT2D eigenvalue weighted by Crippen LogP contribution is -2.44. The van der Waals surface area contributed by atoms with Gasteiger partial charge in [-0.05, 0) is 30.9 Å². The second kappa shape index (κ2) is 9.35. The van der Waals surface area contributed by atoms with Crippen LogP contribution < -0.4 is 5.32 Å². The second-order valence-electron chi connectivity index (χ2n) is 6.93. The summed E-state index contributed by atoms with van der Waals surface area (Å²) < 4.78 is 2.00. The Balaban J connectivity index is 1.70. The van der Waals surface area contributed by atoms with Crippen molar-refractivity contribution in [1.82, 2.24) is 25.0 Å². The van der Waals surface area contributed by atoms with Crippen LogP contribution in [0.2, 0.25) is 0 Å². The monoisotopic (exact) mass is 366 g/mol. The number of nitrogens with one attached hydrogen (secondary N) is 1. The average molecular weight is 367 g/mol. The molecule has 6 heteroatoms. The minimum Gasteiger partial charge on any atom is -0.356 e. The van der Waals surface area contributed by atoms with Gasteiger partial charge in [0.25, 0.3) is 0 Å². The van der Waals surface area contributed by atoms with E-state index in [0.29, 0.717) is 6.54 Å². The van der Waals surface area contributed by atoms with Crippen molar-refractivity contribution in [2.45, 2.75) is 39.7 Å². The lowest BCUT2D eigenvalue weighted by Gasteiger charge is -2.30. The van der Waals surface area contributed by atoms with Crippen LogP contribution in [0, 0.1) is 6.92 Å². The van der Waals surface area contributed by atoms with Gasteiger partial charge < -0.3 is 14.8 Å². The SMILES string of the molecule is CCCCNC(=NCc1nnc(C)n1C)N1CC=C(c2ccccc2)CC1. The highest BCUT2D eigenvalue weighted by molar-refractivity contribution is 5.81. The van der Waals surface area contributed by atoms with Gasteiger partial charge in [-0.2, -0.15) is 0 Å². The number of aliphatic imine (C=N–C) groups is 1. The highest BCUT2D eigenvalue weighted by Gasteiger charge is 2.16. The Morgan fingerprint density at radius 2 is 2.04 bits per heavy atom. The van der Waals surface area contributed by atoms with Gasteiger partial charge in [0.15, 0.2) is 11.8 Å². The fourth-order valence-electron chi connectivity index (χ4n) is 3.15. The van der Waals surface area contributed by atoms with Crippen molar-refractivity contribution in [3.8, 4) is 0 Å². The molecule has 0 radical (unpaired) electrons. The number of aromatic nitrogens is 3. The highest BCUT2D eigenvalue weighted by Crippen LogP contribution is 2.22. The first-order chi connectivity index (χ1) is 13.2. The molecule has 0 bridgehead atoms. The molecule has 0 fully saturated rings. The Hall–Kier alpha value is -2.63. The van der Waals surface area contributed by atoms with E-state index in [9.17, 15) is 0 Å². The lowest BCUT2D eigenvalue weighted by molar-refractivity contribution is 0.437. The molecule has 0 unspecified atom stereocenters. The predicted molar refractivity (Wildman–Crippen MR) is 110 cm³/mol. The molecular formula is C21H30N6. The Labute approximate surface area is 162 Å². The third-order valence-corrected chi connectivity index (χ3v) is 5.02. The summed E-state index contributed by atoms with van der Waals surface area (Å²) in [7, 11) is 1.99. The fraction of sp³-hybridized carbons (Fsp3) is 0.476. The molecular weight excluding hydrogens is 336 g/mol. The zero-order valence-electron chi connectivity index (χ0n) is 16.6. The normalized spacial score (nSPS) is 15.0. The summed E-state index contributed by atoms with van der Waals surface area (Å²) in [5, 5.41) is 11.9. The van der Waals surface area contributed by atoms with Crippen molar-refractivity contribution >= 4 is 11.5 Å². The van der Waals surface area contributed by atoms with Crippen LogP contribution in [0.25, 0.3) is 5.57 Å². The summed E-state index contributed by atoms with van der Waals surface area (Å²) in [6.45, 7) is 7.49. The van der Waals surface area contributed by atoms with E-state index < -0.39 is 0 Å². The van der Waals surface area contributed by atoms with E-state index in [1.807, 2.05) is 18.5 Å². The third kappa shape index (κ3) is 4.96. The summed E-state index contributed by atoms with van der Waals surface area (Å²) >= 11 is 0. The quantitative estimate of drug-likeness (QED) is 0.485. The van der Waals surface area contributed by atoms with Crippen LogP contribution in [0.4, 0.5) is 0 Å². The van der Waals surface area contributed by atoms with Crippen molar-refractivity contribution in [3.05, 3.63) is 53.6 Å². The molecule has 6 nitrogen and oxygen atoms in total. The topological polar surface area (TPSA) is 58.3 Å². The predicted octanol–water partition coefficient (Wildman–Crippen LogP) is 3.16. The molecule has 2 aromatic rings. The van der Waals surface area contributed by atoms with Crippen LogP contribution in [0.1, 0.15) is 43.4 Å². The molecule has 0 spiro atoms. The van der Waals surface area contributed by atoms with E-state index in [1.54, 1.807) is 0 Å². The second-order valence-corrected chi connectivity index (χ2v) is 6.93. The van der Waals surface area contributed by atoms with Crippen molar-refractivity contribution in [2.24, 2.45) is 12.0 Å². The number of hydrogen-bond acceptors (Lipinski definition) is 3. The van der Waals surface area contributed by atoms with Crippen LogP contribution in [0.5, 0.6) is 0 Å². The van der Waals surface area contributed by atoms with Gasteiger partial charge in [0.05, 0.1) is 0 Å². The van der Waals surface area contributed by atoms with E-state index >= 15 is 0 Å². The number of benzene rings is 1. The zero-order chi connectivity index (χ0) is 19.1. The molecule has 144 valence electrons. The van der Waals surface area contributed by atoms with Gasteiger partial charge in [-0.25, -0.2) is 4.99 Å². The van der Waals surface area contributed by atoms with Crippen LogP contribution >= 0.6 is 0 Å². The van der Waals surface area contributed by atoms with Gasteiger partial charge in [-0.15, -0.1) is 10.2 Å². The lowest BCUT2D eigenvalue weighted by atomic mass is 10.00. The molecule has 1 aromatic carbocycles. The third-order valence-electron chi connectivity index (χ3n) is 5.02. The molecule has 0 aliphatic carbocycles. The van der Waals surface area contributed by atoms with Gasteiger partial charge in [-0.1, -0.05) is 49.8 Å². The molecule has 2 heterocycles. The Morgan fingerprint density at radius 3 is 2.67 bits per heavy atom.